The molecular formula is C15H18N2O. The van der Waals surface area contributed by atoms with E-state index in [0.29, 0.717) is 0 Å². The molecule has 0 amide bonds. The molecule has 0 atom stereocenters. The number of hydrogen-bond donors (Lipinski definition) is 1. The summed E-state index contributed by atoms with van der Waals surface area (Å²) < 4.78 is 5.97. The minimum absolute atomic E-state index is 0.744. The SMILES string of the molecule is CNCc1cnccc1Oc1ccc(C)cc1C. The van der Waals surface area contributed by atoms with Crippen molar-refractivity contribution >= 4 is 0 Å². The van der Waals surface area contributed by atoms with Crippen LogP contribution in [-0.2, 0) is 6.54 Å². The summed E-state index contributed by atoms with van der Waals surface area (Å²) in [5.74, 6) is 1.75. The number of aromatic nitrogens is 1. The Hall–Kier alpha value is -1.87. The van der Waals surface area contributed by atoms with Crippen molar-refractivity contribution in [3.05, 3.63) is 53.3 Å². The summed E-state index contributed by atoms with van der Waals surface area (Å²) in [6, 6.07) is 8.08. The molecule has 0 aliphatic heterocycles. The molecule has 1 aromatic heterocycles. The molecule has 0 radical (unpaired) electrons. The Morgan fingerprint density at radius 1 is 1.17 bits per heavy atom. The largest absolute Gasteiger partial charge is 0.457 e. The Balaban J connectivity index is 2.28. The highest BCUT2D eigenvalue weighted by atomic mass is 16.5. The van der Waals surface area contributed by atoms with Crippen LogP contribution in [0.5, 0.6) is 11.5 Å². The van der Waals surface area contributed by atoms with Gasteiger partial charge in [-0.25, -0.2) is 0 Å². The van der Waals surface area contributed by atoms with Crippen molar-refractivity contribution in [1.29, 1.82) is 0 Å². The lowest BCUT2D eigenvalue weighted by molar-refractivity contribution is 0.469. The van der Waals surface area contributed by atoms with Gasteiger partial charge in [-0.3, -0.25) is 4.98 Å². The van der Waals surface area contributed by atoms with Crippen molar-refractivity contribution in [2.24, 2.45) is 0 Å². The molecule has 94 valence electrons. The van der Waals surface area contributed by atoms with Gasteiger partial charge in [-0.15, -0.1) is 0 Å². The van der Waals surface area contributed by atoms with Crippen molar-refractivity contribution < 1.29 is 4.74 Å². The highest BCUT2D eigenvalue weighted by Crippen LogP contribution is 2.27. The molecule has 3 heteroatoms. The first-order chi connectivity index (χ1) is 8.70. The summed E-state index contributed by atoms with van der Waals surface area (Å²) in [7, 11) is 1.91. The molecule has 0 spiro atoms. The van der Waals surface area contributed by atoms with Crippen LogP contribution in [0.2, 0.25) is 0 Å². The van der Waals surface area contributed by atoms with Crippen molar-refractivity contribution in [3.63, 3.8) is 0 Å². The van der Waals surface area contributed by atoms with E-state index in [4.69, 9.17) is 4.74 Å². The molecule has 0 saturated carbocycles. The van der Waals surface area contributed by atoms with Crippen LogP contribution in [0.1, 0.15) is 16.7 Å². The zero-order valence-electron chi connectivity index (χ0n) is 11.0. The first kappa shape index (κ1) is 12.6. The smallest absolute Gasteiger partial charge is 0.135 e. The summed E-state index contributed by atoms with van der Waals surface area (Å²) in [5, 5.41) is 3.11. The van der Waals surface area contributed by atoms with E-state index < -0.39 is 0 Å². The maximum atomic E-state index is 5.97. The van der Waals surface area contributed by atoms with Crippen molar-refractivity contribution in [2.45, 2.75) is 20.4 Å². The van der Waals surface area contributed by atoms with Crippen LogP contribution < -0.4 is 10.1 Å². The summed E-state index contributed by atoms with van der Waals surface area (Å²) in [6.07, 6.45) is 3.58. The Bertz CT molecular complexity index is 538. The Labute approximate surface area is 108 Å². The van der Waals surface area contributed by atoms with Crippen molar-refractivity contribution in [2.75, 3.05) is 7.05 Å². The summed E-state index contributed by atoms with van der Waals surface area (Å²) in [4.78, 5) is 4.12. The summed E-state index contributed by atoms with van der Waals surface area (Å²) in [5.41, 5.74) is 3.44. The molecule has 2 rings (SSSR count). The lowest BCUT2D eigenvalue weighted by Crippen LogP contribution is -2.06. The van der Waals surface area contributed by atoms with Crippen molar-refractivity contribution in [3.8, 4) is 11.5 Å². The standard InChI is InChI=1S/C15H18N2O/c1-11-4-5-14(12(2)8-11)18-15-6-7-17-10-13(15)9-16-3/h4-8,10,16H,9H2,1-3H3. The van der Waals surface area contributed by atoms with Gasteiger partial charge >= 0.3 is 0 Å². The van der Waals surface area contributed by atoms with Gasteiger partial charge in [0.25, 0.3) is 0 Å². The third kappa shape index (κ3) is 2.87. The number of nitrogens with zero attached hydrogens (tertiary/aromatic N) is 1. The molecule has 0 aliphatic carbocycles. The summed E-state index contributed by atoms with van der Waals surface area (Å²) >= 11 is 0. The van der Waals surface area contributed by atoms with Gasteiger partial charge in [-0.1, -0.05) is 17.7 Å². The maximum absolute atomic E-state index is 5.97. The van der Waals surface area contributed by atoms with Gasteiger partial charge in [0.1, 0.15) is 11.5 Å². The van der Waals surface area contributed by atoms with E-state index in [1.165, 1.54) is 5.56 Å². The predicted molar refractivity (Wildman–Crippen MR) is 73.0 cm³/mol. The van der Waals surface area contributed by atoms with Crippen molar-refractivity contribution in [1.82, 2.24) is 10.3 Å². The van der Waals surface area contributed by atoms with Gasteiger partial charge in [-0.2, -0.15) is 0 Å². The fourth-order valence-corrected chi connectivity index (χ4v) is 1.87. The topological polar surface area (TPSA) is 34.2 Å². The number of pyridine rings is 1. The van der Waals surface area contributed by atoms with Gasteiger partial charge in [-0.05, 0) is 38.6 Å². The van der Waals surface area contributed by atoms with Gasteiger partial charge in [0.05, 0.1) is 0 Å². The van der Waals surface area contributed by atoms with Crippen LogP contribution in [0.3, 0.4) is 0 Å². The average Bonchev–Trinajstić information content (AvgIpc) is 2.35. The second-order valence-electron chi connectivity index (χ2n) is 4.38. The predicted octanol–water partition coefficient (Wildman–Crippen LogP) is 3.21. The van der Waals surface area contributed by atoms with Gasteiger partial charge in [0.2, 0.25) is 0 Å². The Kier molecular flexibility index (Phi) is 3.95. The molecule has 3 nitrogen and oxygen atoms in total. The first-order valence-corrected chi connectivity index (χ1v) is 6.03. The summed E-state index contributed by atoms with van der Waals surface area (Å²) in [6.45, 7) is 4.88. The van der Waals surface area contributed by atoms with E-state index in [9.17, 15) is 0 Å². The fraction of sp³-hybridized carbons (Fsp3) is 0.267. The molecule has 0 bridgehead atoms. The van der Waals surface area contributed by atoms with Crippen LogP contribution in [0.15, 0.2) is 36.7 Å². The number of ether oxygens (including phenoxy) is 1. The molecule has 18 heavy (non-hydrogen) atoms. The lowest BCUT2D eigenvalue weighted by atomic mass is 10.1. The van der Waals surface area contributed by atoms with E-state index in [1.54, 1.807) is 6.20 Å². The number of nitrogens with one attached hydrogen (secondary N) is 1. The highest BCUT2D eigenvalue weighted by Gasteiger charge is 2.06. The van der Waals surface area contributed by atoms with Crippen LogP contribution in [0.4, 0.5) is 0 Å². The van der Waals surface area contributed by atoms with Gasteiger partial charge < -0.3 is 10.1 Å². The molecule has 1 heterocycles. The lowest BCUT2D eigenvalue weighted by Gasteiger charge is -2.12. The van der Waals surface area contributed by atoms with Gasteiger partial charge in [0.15, 0.2) is 0 Å². The molecule has 0 aliphatic rings. The minimum atomic E-state index is 0.744. The maximum Gasteiger partial charge on any atom is 0.135 e. The number of benzene rings is 1. The van der Waals surface area contributed by atoms with E-state index >= 15 is 0 Å². The van der Waals surface area contributed by atoms with Crippen LogP contribution in [0, 0.1) is 13.8 Å². The molecule has 0 saturated heterocycles. The highest BCUT2D eigenvalue weighted by molar-refractivity contribution is 5.41. The van der Waals surface area contributed by atoms with E-state index in [-0.39, 0.29) is 0 Å². The van der Waals surface area contributed by atoms with E-state index in [2.05, 4.69) is 36.3 Å². The quantitative estimate of drug-likeness (QED) is 0.894. The van der Waals surface area contributed by atoms with Crippen LogP contribution in [-0.4, -0.2) is 12.0 Å². The van der Waals surface area contributed by atoms with Gasteiger partial charge in [0, 0.05) is 24.5 Å². The number of aryl methyl sites for hydroxylation is 2. The minimum Gasteiger partial charge on any atom is -0.457 e. The Morgan fingerprint density at radius 2 is 2.00 bits per heavy atom. The van der Waals surface area contributed by atoms with Crippen LogP contribution >= 0.6 is 0 Å². The third-order valence-electron chi connectivity index (χ3n) is 2.78. The monoisotopic (exact) mass is 242 g/mol. The third-order valence-corrected chi connectivity index (χ3v) is 2.78. The molecule has 0 fully saturated rings. The molecule has 2 aromatic rings. The zero-order valence-corrected chi connectivity index (χ0v) is 11.0. The van der Waals surface area contributed by atoms with Crippen LogP contribution in [0.25, 0.3) is 0 Å². The molecule has 0 unspecified atom stereocenters. The molecule has 1 aromatic carbocycles. The molecule has 1 N–H and O–H groups in total. The second kappa shape index (κ2) is 5.65. The first-order valence-electron chi connectivity index (χ1n) is 6.03. The number of rotatable bonds is 4. The van der Waals surface area contributed by atoms with E-state index in [0.717, 1.165) is 29.2 Å². The second-order valence-corrected chi connectivity index (χ2v) is 4.38. The van der Waals surface area contributed by atoms with E-state index in [1.807, 2.05) is 25.4 Å². The Morgan fingerprint density at radius 3 is 2.72 bits per heavy atom. The average molecular weight is 242 g/mol. The normalized spacial score (nSPS) is 10.4. The zero-order chi connectivity index (χ0) is 13.0. The fourth-order valence-electron chi connectivity index (χ4n) is 1.87. The molecular weight excluding hydrogens is 224 g/mol. The number of hydrogen-bond acceptors (Lipinski definition) is 3.